The van der Waals surface area contributed by atoms with E-state index in [1.54, 1.807) is 0 Å². The third-order valence-corrected chi connectivity index (χ3v) is 0.650. The maximum absolute atomic E-state index is 11.7. The molecule has 0 unspecified atom stereocenters. The van der Waals surface area contributed by atoms with E-state index in [-0.39, 0.29) is 0 Å². The number of esters is 1. The highest BCUT2D eigenvalue weighted by Crippen LogP contribution is 2.21. The molecule has 0 fully saturated rings. The van der Waals surface area contributed by atoms with Crippen molar-refractivity contribution in [1.82, 2.24) is 0 Å². The van der Waals surface area contributed by atoms with Crippen LogP contribution in [-0.2, 0) is 9.53 Å². The number of carbonyl (C=O) groups is 1. The molecular weight excluding hydrogens is 118 g/mol. The molecule has 2 nitrogen and oxygen atoms in total. The van der Waals surface area contributed by atoms with Crippen LogP contribution in [0.2, 0.25) is 0 Å². The minimum Gasteiger partial charge on any atom is -0.394 e. The standard InChI is InChI=1S/C4H2F2O2/c5-4(6)2-1-3(7)8-4/h1-2H. The highest BCUT2D eigenvalue weighted by atomic mass is 19.3. The molecule has 0 bridgehead atoms. The lowest BCUT2D eigenvalue weighted by atomic mass is 10.5. The summed E-state index contributed by atoms with van der Waals surface area (Å²) < 4.78 is 26.8. The van der Waals surface area contributed by atoms with Crippen LogP contribution in [0.1, 0.15) is 0 Å². The molecule has 0 aliphatic carbocycles. The van der Waals surface area contributed by atoms with Crippen LogP contribution in [0.25, 0.3) is 0 Å². The van der Waals surface area contributed by atoms with E-state index in [2.05, 4.69) is 4.74 Å². The molecule has 4 heteroatoms. The normalized spacial score (nSPS) is 23.5. The molecule has 44 valence electrons. The molecule has 0 radical (unpaired) electrons. The fraction of sp³-hybridized carbons (Fsp3) is 0.250. The van der Waals surface area contributed by atoms with Crippen LogP contribution in [0.15, 0.2) is 12.2 Å². The number of cyclic esters (lactones) is 1. The van der Waals surface area contributed by atoms with E-state index in [4.69, 9.17) is 0 Å². The Bertz CT molecular complexity index is 150. The van der Waals surface area contributed by atoms with E-state index in [1.165, 1.54) is 0 Å². The lowest BCUT2D eigenvalue weighted by molar-refractivity contribution is -0.194. The van der Waals surface area contributed by atoms with Crippen molar-refractivity contribution < 1.29 is 18.3 Å². The van der Waals surface area contributed by atoms with E-state index in [9.17, 15) is 13.6 Å². The molecule has 0 spiro atoms. The second kappa shape index (κ2) is 1.27. The quantitative estimate of drug-likeness (QED) is 0.439. The summed E-state index contributed by atoms with van der Waals surface area (Å²) in [6.07, 6.45) is -2.26. The van der Waals surface area contributed by atoms with Gasteiger partial charge in [-0.3, -0.25) is 0 Å². The zero-order valence-electron chi connectivity index (χ0n) is 3.73. The third kappa shape index (κ3) is 0.828. The van der Waals surface area contributed by atoms with Gasteiger partial charge in [-0.15, -0.1) is 0 Å². The number of halogens is 2. The second-order valence-electron chi connectivity index (χ2n) is 1.32. The predicted molar refractivity (Wildman–Crippen MR) is 20.2 cm³/mol. The van der Waals surface area contributed by atoms with Gasteiger partial charge in [0.2, 0.25) is 0 Å². The zero-order valence-corrected chi connectivity index (χ0v) is 3.73. The smallest absolute Gasteiger partial charge is 0.394 e. The van der Waals surface area contributed by atoms with E-state index in [0.717, 1.165) is 0 Å². The first kappa shape index (κ1) is 5.21. The average Bonchev–Trinajstić information content (AvgIpc) is 1.82. The Morgan fingerprint density at radius 3 is 2.38 bits per heavy atom. The van der Waals surface area contributed by atoms with Gasteiger partial charge >= 0.3 is 12.1 Å². The van der Waals surface area contributed by atoms with Crippen molar-refractivity contribution in [3.63, 3.8) is 0 Å². The lowest BCUT2D eigenvalue weighted by Gasteiger charge is -2.02. The molecule has 0 aromatic heterocycles. The van der Waals surface area contributed by atoms with Crippen molar-refractivity contribution in [3.8, 4) is 0 Å². The van der Waals surface area contributed by atoms with Gasteiger partial charge in [0.15, 0.2) is 0 Å². The number of alkyl halides is 2. The Balaban J connectivity index is 2.72. The van der Waals surface area contributed by atoms with Crippen molar-refractivity contribution in [2.75, 3.05) is 0 Å². The highest BCUT2D eigenvalue weighted by molar-refractivity contribution is 5.84. The maximum Gasteiger partial charge on any atom is 0.422 e. The van der Waals surface area contributed by atoms with Gasteiger partial charge in [0.1, 0.15) is 0 Å². The first-order chi connectivity index (χ1) is 3.60. The number of hydrogen-bond donors (Lipinski definition) is 0. The lowest BCUT2D eigenvalue weighted by Crippen LogP contribution is -2.13. The monoisotopic (exact) mass is 120 g/mol. The van der Waals surface area contributed by atoms with Gasteiger partial charge in [-0.25, -0.2) is 4.79 Å². The number of rotatable bonds is 0. The number of hydrogen-bond acceptors (Lipinski definition) is 2. The molecule has 8 heavy (non-hydrogen) atoms. The topological polar surface area (TPSA) is 26.3 Å². The van der Waals surface area contributed by atoms with Gasteiger partial charge in [0, 0.05) is 12.2 Å². The molecule has 0 atom stereocenters. The average molecular weight is 120 g/mol. The van der Waals surface area contributed by atoms with Gasteiger partial charge < -0.3 is 4.74 Å². The SMILES string of the molecule is O=C1C=CC(F)(F)O1. The Kier molecular flexibility index (Phi) is 0.829. The van der Waals surface area contributed by atoms with Crippen LogP contribution in [0, 0.1) is 0 Å². The van der Waals surface area contributed by atoms with Crippen molar-refractivity contribution in [2.24, 2.45) is 0 Å². The molecule has 0 aromatic rings. The first-order valence-corrected chi connectivity index (χ1v) is 1.90. The third-order valence-electron chi connectivity index (χ3n) is 0.650. The molecule has 1 aliphatic heterocycles. The summed E-state index contributed by atoms with van der Waals surface area (Å²) in [6.45, 7) is 0. The Morgan fingerprint density at radius 2 is 2.25 bits per heavy atom. The fourth-order valence-corrected chi connectivity index (χ4v) is 0.367. The summed E-state index contributed by atoms with van der Waals surface area (Å²) in [5.74, 6) is -0.991. The highest BCUT2D eigenvalue weighted by Gasteiger charge is 2.34. The van der Waals surface area contributed by atoms with E-state index < -0.39 is 12.1 Å². The van der Waals surface area contributed by atoms with Crippen LogP contribution < -0.4 is 0 Å². The summed E-state index contributed by atoms with van der Waals surface area (Å²) in [5.41, 5.74) is 0. The summed E-state index contributed by atoms with van der Waals surface area (Å²) in [5, 5.41) is 0. The van der Waals surface area contributed by atoms with Gasteiger partial charge in [-0.05, 0) is 0 Å². The van der Waals surface area contributed by atoms with Gasteiger partial charge in [0.05, 0.1) is 0 Å². The van der Waals surface area contributed by atoms with Gasteiger partial charge in [0.25, 0.3) is 0 Å². The minimum absolute atomic E-state index is 0.412. The Morgan fingerprint density at radius 1 is 1.62 bits per heavy atom. The first-order valence-electron chi connectivity index (χ1n) is 1.90. The molecule has 1 aliphatic rings. The van der Waals surface area contributed by atoms with Crippen LogP contribution in [0.5, 0.6) is 0 Å². The number of ether oxygens (including phenoxy) is 1. The Labute approximate surface area is 43.7 Å². The molecule has 0 aromatic carbocycles. The van der Waals surface area contributed by atoms with Crippen molar-refractivity contribution in [1.29, 1.82) is 0 Å². The molecule has 0 saturated carbocycles. The second-order valence-corrected chi connectivity index (χ2v) is 1.32. The van der Waals surface area contributed by atoms with E-state index >= 15 is 0 Å². The largest absolute Gasteiger partial charge is 0.422 e. The molecule has 0 saturated heterocycles. The molecular formula is C4H2F2O2. The maximum atomic E-state index is 11.7. The zero-order chi connectivity index (χ0) is 6.20. The molecule has 1 rings (SSSR count). The Hall–Kier alpha value is -0.930. The van der Waals surface area contributed by atoms with Crippen LogP contribution in [0.4, 0.5) is 8.78 Å². The minimum atomic E-state index is -3.36. The summed E-state index contributed by atoms with van der Waals surface area (Å²) in [4.78, 5) is 9.87. The number of carbonyl (C=O) groups excluding carboxylic acids is 1. The van der Waals surface area contributed by atoms with Crippen molar-refractivity contribution >= 4 is 5.97 Å². The van der Waals surface area contributed by atoms with Crippen LogP contribution >= 0.6 is 0 Å². The predicted octanol–water partition coefficient (Wildman–Crippen LogP) is 0.692. The summed E-state index contributed by atoms with van der Waals surface area (Å²) in [6, 6.07) is 0. The fourth-order valence-electron chi connectivity index (χ4n) is 0.367. The molecule has 1 heterocycles. The van der Waals surface area contributed by atoms with Gasteiger partial charge in [-0.1, -0.05) is 0 Å². The molecule has 0 N–H and O–H groups in total. The summed E-state index contributed by atoms with van der Waals surface area (Å²) >= 11 is 0. The van der Waals surface area contributed by atoms with Crippen molar-refractivity contribution in [3.05, 3.63) is 12.2 Å². The van der Waals surface area contributed by atoms with E-state index in [1.807, 2.05) is 0 Å². The van der Waals surface area contributed by atoms with Crippen LogP contribution in [-0.4, -0.2) is 12.1 Å². The van der Waals surface area contributed by atoms with Crippen LogP contribution in [0.3, 0.4) is 0 Å². The van der Waals surface area contributed by atoms with Crippen molar-refractivity contribution in [2.45, 2.75) is 6.11 Å². The van der Waals surface area contributed by atoms with E-state index in [0.29, 0.717) is 12.2 Å². The summed E-state index contributed by atoms with van der Waals surface area (Å²) in [7, 11) is 0. The molecule has 0 amide bonds. The van der Waals surface area contributed by atoms with Gasteiger partial charge in [-0.2, -0.15) is 8.78 Å².